The first-order valence-corrected chi connectivity index (χ1v) is 9.48. The number of hydrogen-bond acceptors (Lipinski definition) is 4. The Morgan fingerprint density at radius 2 is 1.80 bits per heavy atom. The van der Waals surface area contributed by atoms with E-state index in [9.17, 15) is 24.6 Å². The molecule has 5 heteroatoms. The van der Waals surface area contributed by atoms with Gasteiger partial charge in [-0.1, -0.05) is 20.3 Å². The normalized spacial score (nSPS) is 54.8. The Kier molecular flexibility index (Phi) is 3.25. The fraction of sp³-hybridized carbons (Fsp3) is 0.850. The molecule has 138 valence electrons. The van der Waals surface area contributed by atoms with E-state index in [4.69, 9.17) is 0 Å². The van der Waals surface area contributed by atoms with E-state index in [1.54, 1.807) is 6.92 Å². The van der Waals surface area contributed by atoms with Crippen molar-refractivity contribution in [2.75, 3.05) is 0 Å². The highest BCUT2D eigenvalue weighted by atomic mass is 16.4. The summed E-state index contributed by atoms with van der Waals surface area (Å²) in [6, 6.07) is 0. The molecule has 4 aliphatic carbocycles. The van der Waals surface area contributed by atoms with Crippen LogP contribution >= 0.6 is 0 Å². The molecule has 0 aromatic heterocycles. The standard InChI is InChI=1S/C20H28O5/c1-17-8-11(21)15-18(2)5-4-6-19(3,16(24)25)12(18)7-13(22)20(15,10-17)9-14(17)23/h11-12,15,21H,4-10H2,1-3H3,(H,24,25)/t11-,12+,15+,17+,18-,19+,20+/m0/s1. The molecule has 2 N–H and O–H groups in total. The first-order valence-electron chi connectivity index (χ1n) is 9.48. The molecule has 2 bridgehead atoms. The molecule has 4 saturated carbocycles. The third-order valence-electron chi connectivity index (χ3n) is 8.62. The molecule has 0 aliphatic heterocycles. The fourth-order valence-corrected chi connectivity index (χ4v) is 7.54. The minimum absolute atomic E-state index is 0.0187. The summed E-state index contributed by atoms with van der Waals surface area (Å²) in [5.41, 5.74) is -2.72. The number of carboxylic acids is 1. The number of Topliss-reactive ketones (excluding diaryl/α,β-unsaturated/α-hetero) is 2. The van der Waals surface area contributed by atoms with Crippen molar-refractivity contribution in [1.82, 2.24) is 0 Å². The molecule has 0 amide bonds. The third kappa shape index (κ3) is 1.85. The summed E-state index contributed by atoms with van der Waals surface area (Å²) in [7, 11) is 0. The highest BCUT2D eigenvalue weighted by Gasteiger charge is 2.73. The molecule has 7 atom stereocenters. The van der Waals surface area contributed by atoms with Gasteiger partial charge in [0, 0.05) is 29.6 Å². The van der Waals surface area contributed by atoms with Gasteiger partial charge in [-0.25, -0.2) is 0 Å². The largest absolute Gasteiger partial charge is 0.481 e. The zero-order chi connectivity index (χ0) is 18.4. The van der Waals surface area contributed by atoms with Gasteiger partial charge in [0.1, 0.15) is 11.6 Å². The van der Waals surface area contributed by atoms with Gasteiger partial charge in [0.2, 0.25) is 0 Å². The molecule has 4 rings (SSSR count). The number of carbonyl (C=O) groups excluding carboxylic acids is 2. The Balaban J connectivity index is 1.86. The molecule has 0 aromatic rings. The Morgan fingerprint density at radius 3 is 2.44 bits per heavy atom. The van der Waals surface area contributed by atoms with Gasteiger partial charge in [0.05, 0.1) is 11.5 Å². The topological polar surface area (TPSA) is 91.7 Å². The van der Waals surface area contributed by atoms with Crippen LogP contribution in [0.25, 0.3) is 0 Å². The molecular weight excluding hydrogens is 320 g/mol. The predicted molar refractivity (Wildman–Crippen MR) is 89.7 cm³/mol. The van der Waals surface area contributed by atoms with Crippen LogP contribution in [-0.4, -0.2) is 33.9 Å². The van der Waals surface area contributed by atoms with E-state index in [1.165, 1.54) is 0 Å². The van der Waals surface area contributed by atoms with Crippen molar-refractivity contribution < 1.29 is 24.6 Å². The third-order valence-corrected chi connectivity index (χ3v) is 8.62. The fourth-order valence-electron chi connectivity index (χ4n) is 7.54. The number of aliphatic carboxylic acids is 1. The second-order valence-corrected chi connectivity index (χ2v) is 10.0. The number of fused-ring (bicyclic) bond motifs is 3. The monoisotopic (exact) mass is 348 g/mol. The molecule has 0 radical (unpaired) electrons. The maximum Gasteiger partial charge on any atom is 0.309 e. The zero-order valence-corrected chi connectivity index (χ0v) is 15.3. The van der Waals surface area contributed by atoms with E-state index in [0.717, 1.165) is 12.8 Å². The zero-order valence-electron chi connectivity index (χ0n) is 15.3. The van der Waals surface area contributed by atoms with Crippen LogP contribution < -0.4 is 0 Å². The number of carbonyl (C=O) groups is 3. The quantitative estimate of drug-likeness (QED) is 0.760. The second kappa shape index (κ2) is 4.73. The van der Waals surface area contributed by atoms with Crippen LogP contribution in [0.4, 0.5) is 0 Å². The molecule has 4 fully saturated rings. The molecule has 0 heterocycles. The van der Waals surface area contributed by atoms with Crippen molar-refractivity contribution in [3.05, 3.63) is 0 Å². The summed E-state index contributed by atoms with van der Waals surface area (Å²) < 4.78 is 0. The van der Waals surface area contributed by atoms with E-state index < -0.39 is 33.7 Å². The molecular formula is C20H28O5. The lowest BCUT2D eigenvalue weighted by Crippen LogP contribution is -2.65. The van der Waals surface area contributed by atoms with Crippen LogP contribution in [-0.2, 0) is 14.4 Å². The summed E-state index contributed by atoms with van der Waals surface area (Å²) >= 11 is 0. The SMILES string of the molecule is C[C@]12C[C@H](O)[C@H]3[C@](CC1=O)(C2)C(=O)C[C@@H]1[C@]3(C)CCC[C@@]1(C)C(=O)O. The van der Waals surface area contributed by atoms with Crippen molar-refractivity contribution in [2.45, 2.75) is 71.8 Å². The van der Waals surface area contributed by atoms with Crippen LogP contribution in [0.15, 0.2) is 0 Å². The van der Waals surface area contributed by atoms with Crippen molar-refractivity contribution in [3.8, 4) is 0 Å². The summed E-state index contributed by atoms with van der Waals surface area (Å²) in [6.45, 7) is 5.72. The summed E-state index contributed by atoms with van der Waals surface area (Å²) in [4.78, 5) is 38.0. The van der Waals surface area contributed by atoms with Gasteiger partial charge in [0.15, 0.2) is 0 Å². The smallest absolute Gasteiger partial charge is 0.309 e. The number of aliphatic hydroxyl groups excluding tert-OH is 1. The highest BCUT2D eigenvalue weighted by Crippen LogP contribution is 2.71. The number of rotatable bonds is 1. The van der Waals surface area contributed by atoms with Crippen LogP contribution in [0.5, 0.6) is 0 Å². The van der Waals surface area contributed by atoms with Gasteiger partial charge < -0.3 is 10.2 Å². The lowest BCUT2D eigenvalue weighted by atomic mass is 9.39. The molecule has 0 aromatic carbocycles. The maximum atomic E-state index is 13.3. The van der Waals surface area contributed by atoms with Crippen molar-refractivity contribution in [1.29, 1.82) is 0 Å². The molecule has 5 nitrogen and oxygen atoms in total. The molecule has 1 spiro atoms. The van der Waals surface area contributed by atoms with E-state index in [2.05, 4.69) is 6.92 Å². The van der Waals surface area contributed by atoms with Crippen molar-refractivity contribution >= 4 is 17.5 Å². The molecule has 0 unspecified atom stereocenters. The van der Waals surface area contributed by atoms with Gasteiger partial charge in [-0.05, 0) is 43.9 Å². The van der Waals surface area contributed by atoms with E-state index in [-0.39, 0.29) is 36.2 Å². The van der Waals surface area contributed by atoms with E-state index in [0.29, 0.717) is 19.3 Å². The highest BCUT2D eigenvalue weighted by molar-refractivity contribution is 5.99. The van der Waals surface area contributed by atoms with E-state index in [1.807, 2.05) is 6.92 Å². The molecule has 25 heavy (non-hydrogen) atoms. The van der Waals surface area contributed by atoms with Crippen LogP contribution in [0.1, 0.15) is 65.7 Å². The number of carboxylic acid groups (broad SMARTS) is 1. The van der Waals surface area contributed by atoms with Gasteiger partial charge in [-0.15, -0.1) is 0 Å². The predicted octanol–water partition coefficient (Wildman–Crippen LogP) is 2.59. The number of hydrogen-bond donors (Lipinski definition) is 2. The van der Waals surface area contributed by atoms with Crippen LogP contribution in [0.3, 0.4) is 0 Å². The molecule has 4 aliphatic rings. The first-order chi connectivity index (χ1) is 11.5. The van der Waals surface area contributed by atoms with Crippen molar-refractivity contribution in [3.63, 3.8) is 0 Å². The van der Waals surface area contributed by atoms with E-state index >= 15 is 0 Å². The average molecular weight is 348 g/mol. The summed E-state index contributed by atoms with van der Waals surface area (Å²) in [5, 5.41) is 20.9. The Hall–Kier alpha value is -1.23. The second-order valence-electron chi connectivity index (χ2n) is 10.0. The van der Waals surface area contributed by atoms with Gasteiger partial charge in [0.25, 0.3) is 0 Å². The van der Waals surface area contributed by atoms with Crippen LogP contribution in [0, 0.1) is 33.5 Å². The summed E-state index contributed by atoms with van der Waals surface area (Å²) in [5.74, 6) is -1.30. The number of ketones is 2. The average Bonchev–Trinajstić information content (AvgIpc) is 2.69. The first kappa shape index (κ1) is 17.2. The lowest BCUT2D eigenvalue weighted by Gasteiger charge is -2.63. The Bertz CT molecular complexity index is 686. The maximum absolute atomic E-state index is 13.3. The number of aliphatic hydroxyl groups is 1. The van der Waals surface area contributed by atoms with Gasteiger partial charge >= 0.3 is 5.97 Å². The minimum atomic E-state index is -0.937. The van der Waals surface area contributed by atoms with Crippen molar-refractivity contribution in [2.24, 2.45) is 33.5 Å². The van der Waals surface area contributed by atoms with Gasteiger partial charge in [-0.3, -0.25) is 14.4 Å². The molecule has 0 saturated heterocycles. The Labute approximate surface area is 148 Å². The Morgan fingerprint density at radius 1 is 1.12 bits per heavy atom. The lowest BCUT2D eigenvalue weighted by molar-refractivity contribution is -0.203. The minimum Gasteiger partial charge on any atom is -0.481 e. The summed E-state index contributed by atoms with van der Waals surface area (Å²) in [6.07, 6.45) is 2.86. The van der Waals surface area contributed by atoms with Crippen LogP contribution in [0.2, 0.25) is 0 Å². The van der Waals surface area contributed by atoms with Gasteiger partial charge in [-0.2, -0.15) is 0 Å².